The minimum absolute atomic E-state index is 0.0263. The minimum atomic E-state index is 0.0263. The van der Waals surface area contributed by atoms with Crippen LogP contribution in [0.25, 0.3) is 0 Å². The first-order chi connectivity index (χ1) is 13.9. The van der Waals surface area contributed by atoms with Gasteiger partial charge in [0.15, 0.2) is 0 Å². The lowest BCUT2D eigenvalue weighted by molar-refractivity contribution is -0.150. The Morgan fingerprint density at radius 3 is 1.72 bits per heavy atom. The highest BCUT2D eigenvalue weighted by Gasteiger charge is 2.21. The molecule has 0 fully saturated rings. The molecule has 0 spiro atoms. The molecule has 0 aromatic carbocycles. The number of ether oxygens (including phenoxy) is 1. The highest BCUT2D eigenvalue weighted by molar-refractivity contribution is 9.09. The fraction of sp³-hybridized carbons (Fsp3) is 0.962. The van der Waals surface area contributed by atoms with Crippen molar-refractivity contribution in [2.75, 3.05) is 5.33 Å². The number of halogens is 1. The topological polar surface area (TPSA) is 26.3 Å². The number of hydrogen-bond donors (Lipinski definition) is 0. The van der Waals surface area contributed by atoms with Crippen molar-refractivity contribution in [1.29, 1.82) is 0 Å². The molecule has 0 radical (unpaired) electrons. The molecule has 3 heteroatoms. The lowest BCUT2D eigenvalue weighted by Crippen LogP contribution is -2.21. The van der Waals surface area contributed by atoms with E-state index in [1.165, 1.54) is 83.5 Å². The van der Waals surface area contributed by atoms with Crippen molar-refractivity contribution in [2.45, 2.75) is 149 Å². The Morgan fingerprint density at radius 2 is 1.24 bits per heavy atom. The number of carbonyl (C=O) groups is 1. The molecule has 0 amide bonds. The van der Waals surface area contributed by atoms with Crippen LogP contribution in [-0.2, 0) is 9.53 Å². The lowest BCUT2D eigenvalue weighted by atomic mass is 9.83. The Bertz CT molecular complexity index is 368. The molecule has 0 aromatic heterocycles. The van der Waals surface area contributed by atoms with E-state index in [2.05, 4.69) is 43.6 Å². The second kappa shape index (κ2) is 19.9. The van der Waals surface area contributed by atoms with E-state index >= 15 is 0 Å². The Kier molecular flexibility index (Phi) is 19.9. The van der Waals surface area contributed by atoms with Crippen molar-refractivity contribution >= 4 is 21.9 Å². The summed E-state index contributed by atoms with van der Waals surface area (Å²) in [6.07, 6.45) is 21.7. The predicted octanol–water partition coefficient (Wildman–Crippen LogP) is 9.38. The molecule has 1 unspecified atom stereocenters. The van der Waals surface area contributed by atoms with Crippen LogP contribution in [0.2, 0.25) is 0 Å². The largest absolute Gasteiger partial charge is 0.462 e. The van der Waals surface area contributed by atoms with Crippen molar-refractivity contribution in [3.8, 4) is 0 Å². The highest BCUT2D eigenvalue weighted by Crippen LogP contribution is 2.29. The Balaban J connectivity index is 4.24. The first-order valence-electron chi connectivity index (χ1n) is 12.7. The number of rotatable bonds is 21. The van der Waals surface area contributed by atoms with E-state index in [1.54, 1.807) is 0 Å². The zero-order valence-corrected chi connectivity index (χ0v) is 21.8. The smallest absolute Gasteiger partial charge is 0.306 e. The van der Waals surface area contributed by atoms with Crippen LogP contribution in [0.15, 0.2) is 0 Å². The normalized spacial score (nSPS) is 12.9. The van der Waals surface area contributed by atoms with Crippen LogP contribution < -0.4 is 0 Å². The molecule has 0 bridgehead atoms. The minimum Gasteiger partial charge on any atom is -0.462 e. The van der Waals surface area contributed by atoms with Gasteiger partial charge in [-0.25, -0.2) is 0 Å². The van der Waals surface area contributed by atoms with Crippen LogP contribution in [0.5, 0.6) is 0 Å². The third kappa shape index (κ3) is 19.6. The Morgan fingerprint density at radius 1 is 0.759 bits per heavy atom. The van der Waals surface area contributed by atoms with Gasteiger partial charge in [0.05, 0.1) is 0 Å². The summed E-state index contributed by atoms with van der Waals surface area (Å²) in [4.78, 5) is 12.5. The highest BCUT2D eigenvalue weighted by atomic mass is 79.9. The van der Waals surface area contributed by atoms with Crippen molar-refractivity contribution in [2.24, 2.45) is 5.41 Å². The van der Waals surface area contributed by atoms with Gasteiger partial charge in [-0.05, 0) is 50.4 Å². The summed E-state index contributed by atoms with van der Waals surface area (Å²) < 4.78 is 5.95. The molecule has 174 valence electrons. The fourth-order valence-electron chi connectivity index (χ4n) is 3.92. The third-order valence-electron chi connectivity index (χ3n) is 6.05. The molecule has 29 heavy (non-hydrogen) atoms. The van der Waals surface area contributed by atoms with Crippen molar-refractivity contribution in [3.63, 3.8) is 0 Å². The maximum Gasteiger partial charge on any atom is 0.306 e. The molecular formula is C26H51BrO2. The maximum absolute atomic E-state index is 12.5. The van der Waals surface area contributed by atoms with Crippen LogP contribution in [0.3, 0.4) is 0 Å². The van der Waals surface area contributed by atoms with Gasteiger partial charge in [-0.15, -0.1) is 0 Å². The standard InChI is InChI=1S/C26H51BrO2/c1-5-7-9-11-12-14-16-19-24(18-15-13-10-8-6-2)29-25(28)20-22-26(3,4)21-17-23-27/h24H,5-23H2,1-4H3. The molecular weight excluding hydrogens is 424 g/mol. The molecule has 0 aliphatic heterocycles. The van der Waals surface area contributed by atoms with Crippen molar-refractivity contribution in [1.82, 2.24) is 0 Å². The maximum atomic E-state index is 12.5. The summed E-state index contributed by atoms with van der Waals surface area (Å²) in [5.74, 6) is 0.0263. The van der Waals surface area contributed by atoms with Gasteiger partial charge >= 0.3 is 5.97 Å². The fourth-order valence-corrected chi connectivity index (χ4v) is 4.20. The molecule has 1 atom stereocenters. The zero-order chi connectivity index (χ0) is 21.8. The SMILES string of the molecule is CCCCCCCCCC(CCCCCCC)OC(=O)CCC(C)(C)CCCBr. The van der Waals surface area contributed by atoms with Gasteiger partial charge in [0.25, 0.3) is 0 Å². The van der Waals surface area contributed by atoms with E-state index in [-0.39, 0.29) is 17.5 Å². The molecule has 0 saturated carbocycles. The first kappa shape index (κ1) is 28.9. The number of hydrogen-bond acceptors (Lipinski definition) is 2. The van der Waals surface area contributed by atoms with E-state index in [9.17, 15) is 4.79 Å². The first-order valence-corrected chi connectivity index (χ1v) is 13.8. The van der Waals surface area contributed by atoms with Gasteiger partial charge in [-0.3, -0.25) is 4.79 Å². The van der Waals surface area contributed by atoms with E-state index in [1.807, 2.05) is 0 Å². The zero-order valence-electron chi connectivity index (χ0n) is 20.2. The lowest BCUT2D eigenvalue weighted by Gasteiger charge is -2.24. The third-order valence-corrected chi connectivity index (χ3v) is 6.61. The molecule has 0 aromatic rings. The summed E-state index contributed by atoms with van der Waals surface area (Å²) in [6, 6.07) is 0. The van der Waals surface area contributed by atoms with Crippen molar-refractivity contribution < 1.29 is 9.53 Å². The molecule has 0 N–H and O–H groups in total. The number of esters is 1. The van der Waals surface area contributed by atoms with Crippen LogP contribution in [-0.4, -0.2) is 17.4 Å². The van der Waals surface area contributed by atoms with Gasteiger partial charge in [0.2, 0.25) is 0 Å². The average molecular weight is 476 g/mol. The van der Waals surface area contributed by atoms with Crippen LogP contribution >= 0.6 is 15.9 Å². The molecule has 0 aliphatic carbocycles. The van der Waals surface area contributed by atoms with E-state index in [0.717, 1.165) is 31.0 Å². The number of carbonyl (C=O) groups excluding carboxylic acids is 1. The van der Waals surface area contributed by atoms with Crippen LogP contribution in [0.1, 0.15) is 143 Å². The van der Waals surface area contributed by atoms with Gasteiger partial charge < -0.3 is 4.74 Å². The quantitative estimate of drug-likeness (QED) is 0.0939. The molecule has 0 rings (SSSR count). The second-order valence-electron chi connectivity index (χ2n) is 9.68. The number of alkyl halides is 1. The van der Waals surface area contributed by atoms with Gasteiger partial charge in [0, 0.05) is 11.8 Å². The van der Waals surface area contributed by atoms with Gasteiger partial charge in [-0.1, -0.05) is 108 Å². The van der Waals surface area contributed by atoms with E-state index in [0.29, 0.717) is 6.42 Å². The number of unbranched alkanes of at least 4 members (excludes halogenated alkanes) is 10. The van der Waals surface area contributed by atoms with Crippen LogP contribution in [0, 0.1) is 5.41 Å². The van der Waals surface area contributed by atoms with Gasteiger partial charge in [0.1, 0.15) is 6.10 Å². The molecule has 0 aliphatic rings. The molecule has 2 nitrogen and oxygen atoms in total. The average Bonchev–Trinajstić information content (AvgIpc) is 2.69. The Hall–Kier alpha value is -0.0500. The predicted molar refractivity (Wildman–Crippen MR) is 132 cm³/mol. The second-order valence-corrected chi connectivity index (χ2v) is 10.5. The van der Waals surface area contributed by atoms with Gasteiger partial charge in [-0.2, -0.15) is 0 Å². The summed E-state index contributed by atoms with van der Waals surface area (Å²) in [5, 5.41) is 1.04. The summed E-state index contributed by atoms with van der Waals surface area (Å²) in [7, 11) is 0. The van der Waals surface area contributed by atoms with E-state index < -0.39 is 0 Å². The Labute approximate surface area is 191 Å². The summed E-state index contributed by atoms with van der Waals surface area (Å²) in [6.45, 7) is 9.06. The van der Waals surface area contributed by atoms with Crippen molar-refractivity contribution in [3.05, 3.63) is 0 Å². The monoisotopic (exact) mass is 474 g/mol. The summed E-state index contributed by atoms with van der Waals surface area (Å²) in [5.41, 5.74) is 0.223. The molecule has 0 saturated heterocycles. The molecule has 0 heterocycles. The van der Waals surface area contributed by atoms with E-state index in [4.69, 9.17) is 4.74 Å². The van der Waals surface area contributed by atoms with Crippen LogP contribution in [0.4, 0.5) is 0 Å². The summed E-state index contributed by atoms with van der Waals surface area (Å²) >= 11 is 3.51.